The van der Waals surface area contributed by atoms with Crippen LogP contribution in [-0.2, 0) is 0 Å². The number of hydrogen-bond donors (Lipinski definition) is 0. The lowest BCUT2D eigenvalue weighted by atomic mass is 10.0. The standard InChI is InChI=1S/C36H22N6O/c1-3-10-23(11-4-1)34-40-35(24-12-5-2-6-13-24)42-36(41-34)26-15-9-14-25(20-26)27-18-19-29(37-21-27)32-33-31(38-22-39-32)28-16-7-8-17-30(28)43-33/h1-22H. The first kappa shape index (κ1) is 24.7. The van der Waals surface area contributed by atoms with Crippen LogP contribution in [0.15, 0.2) is 138 Å². The summed E-state index contributed by atoms with van der Waals surface area (Å²) in [5, 5.41) is 0.957. The summed E-state index contributed by atoms with van der Waals surface area (Å²) in [5.41, 5.74) is 8.26. The van der Waals surface area contributed by atoms with Gasteiger partial charge >= 0.3 is 0 Å². The molecular weight excluding hydrogens is 532 g/mol. The normalized spacial score (nSPS) is 11.3. The number of furan rings is 1. The number of para-hydroxylation sites is 1. The molecule has 0 amide bonds. The van der Waals surface area contributed by atoms with Gasteiger partial charge in [0.25, 0.3) is 0 Å². The van der Waals surface area contributed by atoms with E-state index in [2.05, 4.69) is 22.1 Å². The number of pyridine rings is 1. The maximum Gasteiger partial charge on any atom is 0.181 e. The van der Waals surface area contributed by atoms with Crippen LogP contribution in [0.4, 0.5) is 0 Å². The highest BCUT2D eigenvalue weighted by atomic mass is 16.3. The lowest BCUT2D eigenvalue weighted by Crippen LogP contribution is -2.00. The molecule has 0 aliphatic rings. The SMILES string of the molecule is c1ccc(-c2nc(-c3ccccc3)nc(-c3cccc(-c4ccc(-c5ncnc6c5oc5ccccc56)nc4)c3)n2)cc1. The summed E-state index contributed by atoms with van der Waals surface area (Å²) >= 11 is 0. The molecule has 0 bridgehead atoms. The highest BCUT2D eigenvalue weighted by molar-refractivity contribution is 6.05. The maximum atomic E-state index is 6.12. The Labute approximate surface area is 246 Å². The van der Waals surface area contributed by atoms with Crippen LogP contribution in [0.2, 0.25) is 0 Å². The molecular formula is C36H22N6O. The Morgan fingerprint density at radius 3 is 1.79 bits per heavy atom. The van der Waals surface area contributed by atoms with Crippen molar-refractivity contribution in [1.29, 1.82) is 0 Å². The number of fused-ring (bicyclic) bond motifs is 3. The van der Waals surface area contributed by atoms with Crippen LogP contribution in [0.5, 0.6) is 0 Å². The van der Waals surface area contributed by atoms with Gasteiger partial charge in [0.15, 0.2) is 23.1 Å². The van der Waals surface area contributed by atoms with Crippen molar-refractivity contribution in [3.05, 3.63) is 134 Å². The summed E-state index contributed by atoms with van der Waals surface area (Å²) in [5.74, 6) is 1.86. The predicted molar refractivity (Wildman–Crippen MR) is 168 cm³/mol. The third kappa shape index (κ3) is 4.59. The molecule has 4 aromatic heterocycles. The Hall–Kier alpha value is -6.08. The van der Waals surface area contributed by atoms with Crippen molar-refractivity contribution >= 4 is 22.1 Å². The van der Waals surface area contributed by atoms with Crippen molar-refractivity contribution in [2.75, 3.05) is 0 Å². The lowest BCUT2D eigenvalue weighted by Gasteiger charge is -2.10. The fourth-order valence-electron chi connectivity index (χ4n) is 5.19. The molecule has 202 valence electrons. The molecule has 8 rings (SSSR count). The fourth-order valence-corrected chi connectivity index (χ4v) is 5.19. The second-order valence-corrected chi connectivity index (χ2v) is 10.0. The van der Waals surface area contributed by atoms with Crippen molar-refractivity contribution in [3.8, 4) is 56.7 Å². The van der Waals surface area contributed by atoms with E-state index in [-0.39, 0.29) is 0 Å². The zero-order valence-electron chi connectivity index (χ0n) is 22.8. The van der Waals surface area contributed by atoms with Crippen LogP contribution < -0.4 is 0 Å². The Morgan fingerprint density at radius 1 is 0.465 bits per heavy atom. The molecule has 7 heteroatoms. The van der Waals surface area contributed by atoms with Gasteiger partial charge in [-0.15, -0.1) is 0 Å². The lowest BCUT2D eigenvalue weighted by molar-refractivity contribution is 0.667. The number of rotatable bonds is 5. The summed E-state index contributed by atoms with van der Waals surface area (Å²) in [6.07, 6.45) is 3.41. The van der Waals surface area contributed by atoms with E-state index in [0.29, 0.717) is 34.4 Å². The van der Waals surface area contributed by atoms with Crippen LogP contribution >= 0.6 is 0 Å². The zero-order valence-corrected chi connectivity index (χ0v) is 22.8. The quantitative estimate of drug-likeness (QED) is 0.211. The molecule has 0 saturated carbocycles. The van der Waals surface area contributed by atoms with Gasteiger partial charge in [-0.2, -0.15) is 0 Å². The summed E-state index contributed by atoms with van der Waals surface area (Å²) in [6, 6.07) is 40.0. The van der Waals surface area contributed by atoms with E-state index in [9.17, 15) is 0 Å². The van der Waals surface area contributed by atoms with E-state index in [1.807, 2.05) is 115 Å². The number of benzene rings is 4. The van der Waals surface area contributed by atoms with Crippen LogP contribution in [-0.4, -0.2) is 29.9 Å². The van der Waals surface area contributed by atoms with Crippen molar-refractivity contribution in [3.63, 3.8) is 0 Å². The van der Waals surface area contributed by atoms with Crippen molar-refractivity contribution in [1.82, 2.24) is 29.9 Å². The molecule has 0 spiro atoms. The van der Waals surface area contributed by atoms with Gasteiger partial charge < -0.3 is 4.42 Å². The molecule has 8 aromatic rings. The largest absolute Gasteiger partial charge is 0.452 e. The molecule has 0 saturated heterocycles. The molecule has 0 atom stereocenters. The van der Waals surface area contributed by atoms with Gasteiger partial charge in [0.05, 0.1) is 5.69 Å². The molecule has 0 aliphatic carbocycles. The van der Waals surface area contributed by atoms with Crippen molar-refractivity contribution in [2.24, 2.45) is 0 Å². The molecule has 0 fully saturated rings. The topological polar surface area (TPSA) is 90.5 Å². The molecule has 7 nitrogen and oxygen atoms in total. The molecule has 0 radical (unpaired) electrons. The number of nitrogens with zero attached hydrogens (tertiary/aromatic N) is 6. The second-order valence-electron chi connectivity index (χ2n) is 10.0. The highest BCUT2D eigenvalue weighted by Gasteiger charge is 2.16. The minimum Gasteiger partial charge on any atom is -0.452 e. The molecule has 4 heterocycles. The fraction of sp³-hybridized carbons (Fsp3) is 0. The zero-order chi connectivity index (χ0) is 28.6. The molecule has 43 heavy (non-hydrogen) atoms. The van der Waals surface area contributed by atoms with Crippen LogP contribution in [0.25, 0.3) is 78.7 Å². The minimum atomic E-state index is 0.604. The Bertz CT molecular complexity index is 2170. The Morgan fingerprint density at radius 2 is 1.09 bits per heavy atom. The Balaban J connectivity index is 1.18. The summed E-state index contributed by atoms with van der Waals surface area (Å²) in [4.78, 5) is 28.3. The molecule has 0 unspecified atom stereocenters. The first-order valence-electron chi connectivity index (χ1n) is 13.9. The average Bonchev–Trinajstić information content (AvgIpc) is 3.48. The van der Waals surface area contributed by atoms with E-state index >= 15 is 0 Å². The summed E-state index contributed by atoms with van der Waals surface area (Å²) < 4.78 is 6.12. The van der Waals surface area contributed by atoms with Crippen LogP contribution in [0, 0.1) is 0 Å². The first-order valence-corrected chi connectivity index (χ1v) is 13.9. The monoisotopic (exact) mass is 554 g/mol. The predicted octanol–water partition coefficient (Wildman–Crippen LogP) is 8.29. The van der Waals surface area contributed by atoms with E-state index in [4.69, 9.17) is 24.4 Å². The van der Waals surface area contributed by atoms with Crippen LogP contribution in [0.1, 0.15) is 0 Å². The number of hydrogen-bond acceptors (Lipinski definition) is 7. The van der Waals surface area contributed by atoms with Gasteiger partial charge in [-0.05, 0) is 29.8 Å². The molecule has 4 aromatic carbocycles. The first-order chi connectivity index (χ1) is 21.3. The van der Waals surface area contributed by atoms with Gasteiger partial charge in [0, 0.05) is 33.8 Å². The minimum absolute atomic E-state index is 0.604. The third-order valence-electron chi connectivity index (χ3n) is 7.32. The van der Waals surface area contributed by atoms with Crippen molar-refractivity contribution < 1.29 is 4.42 Å². The smallest absolute Gasteiger partial charge is 0.181 e. The third-order valence-corrected chi connectivity index (χ3v) is 7.32. The molecule has 0 N–H and O–H groups in total. The van der Waals surface area contributed by atoms with E-state index in [1.165, 1.54) is 0 Å². The van der Waals surface area contributed by atoms with E-state index in [0.717, 1.165) is 44.3 Å². The Kier molecular flexibility index (Phi) is 5.97. The van der Waals surface area contributed by atoms with Gasteiger partial charge in [-0.3, -0.25) is 4.98 Å². The summed E-state index contributed by atoms with van der Waals surface area (Å²) in [7, 11) is 0. The summed E-state index contributed by atoms with van der Waals surface area (Å²) in [6.45, 7) is 0. The average molecular weight is 555 g/mol. The number of aromatic nitrogens is 6. The second kappa shape index (κ2) is 10.4. The molecule has 0 aliphatic heterocycles. The van der Waals surface area contributed by atoms with Gasteiger partial charge in [-0.25, -0.2) is 24.9 Å². The van der Waals surface area contributed by atoms with Crippen molar-refractivity contribution in [2.45, 2.75) is 0 Å². The maximum absolute atomic E-state index is 6.12. The highest BCUT2D eigenvalue weighted by Crippen LogP contribution is 2.33. The van der Waals surface area contributed by atoms with Crippen LogP contribution in [0.3, 0.4) is 0 Å². The van der Waals surface area contributed by atoms with Gasteiger partial charge in [0.1, 0.15) is 23.1 Å². The van der Waals surface area contributed by atoms with Gasteiger partial charge in [-0.1, -0.05) is 97.1 Å². The van der Waals surface area contributed by atoms with Gasteiger partial charge in [0.2, 0.25) is 0 Å². The van der Waals surface area contributed by atoms with E-state index in [1.54, 1.807) is 6.33 Å². The van der Waals surface area contributed by atoms with E-state index < -0.39 is 0 Å².